The molecule has 0 unspecified atom stereocenters. The minimum Gasteiger partial charge on any atom is -0.406 e. The van der Waals surface area contributed by atoms with Gasteiger partial charge in [0.2, 0.25) is 11.8 Å². The van der Waals surface area contributed by atoms with E-state index in [2.05, 4.69) is 22.3 Å². The molecule has 1 aromatic carbocycles. The van der Waals surface area contributed by atoms with Gasteiger partial charge in [-0.2, -0.15) is 0 Å². The molecule has 1 aromatic rings. The van der Waals surface area contributed by atoms with Crippen LogP contribution in [0.2, 0.25) is 0 Å². The van der Waals surface area contributed by atoms with Crippen molar-refractivity contribution < 1.29 is 27.5 Å². The van der Waals surface area contributed by atoms with E-state index in [1.165, 1.54) is 12.1 Å². The highest BCUT2D eigenvalue weighted by molar-refractivity contribution is 5.88. The van der Waals surface area contributed by atoms with Gasteiger partial charge in [-0.05, 0) is 30.5 Å². The number of hydrogen-bond donors (Lipinski definition) is 2. The van der Waals surface area contributed by atoms with Crippen molar-refractivity contribution in [2.45, 2.75) is 58.4 Å². The number of unbranched alkanes of at least 4 members (excludes halogenated alkanes) is 2. The first-order valence-corrected chi connectivity index (χ1v) is 8.67. The van der Waals surface area contributed by atoms with Gasteiger partial charge < -0.3 is 15.4 Å². The summed E-state index contributed by atoms with van der Waals surface area (Å²) in [6.45, 7) is 4.38. The van der Waals surface area contributed by atoms with Crippen molar-refractivity contribution in [3.8, 4) is 5.75 Å². The third kappa shape index (κ3) is 8.73. The molecule has 26 heavy (non-hydrogen) atoms. The molecule has 0 saturated carbocycles. The summed E-state index contributed by atoms with van der Waals surface area (Å²) in [7, 11) is 0. The second-order valence-corrected chi connectivity index (χ2v) is 5.90. The number of rotatable bonds is 10. The lowest BCUT2D eigenvalue weighted by Crippen LogP contribution is -2.47. The Kier molecular flexibility index (Phi) is 8.95. The number of ether oxygens (including phenoxy) is 1. The van der Waals surface area contributed by atoms with E-state index in [4.69, 9.17) is 0 Å². The molecule has 0 spiro atoms. The van der Waals surface area contributed by atoms with Crippen LogP contribution in [-0.4, -0.2) is 30.8 Å². The Morgan fingerprint density at radius 3 is 2.54 bits per heavy atom. The van der Waals surface area contributed by atoms with Gasteiger partial charge in [0.05, 0.1) is 6.42 Å². The van der Waals surface area contributed by atoms with Crippen LogP contribution < -0.4 is 15.4 Å². The van der Waals surface area contributed by atoms with Crippen molar-refractivity contribution in [3.05, 3.63) is 29.8 Å². The van der Waals surface area contributed by atoms with E-state index in [0.717, 1.165) is 31.4 Å². The minimum atomic E-state index is -4.79. The summed E-state index contributed by atoms with van der Waals surface area (Å²) < 4.78 is 40.6. The number of halogens is 3. The molecule has 8 heteroatoms. The Morgan fingerprint density at radius 2 is 1.92 bits per heavy atom. The molecule has 0 aromatic heterocycles. The third-order valence-electron chi connectivity index (χ3n) is 3.64. The molecule has 2 amide bonds. The molecule has 146 valence electrons. The molecule has 0 bridgehead atoms. The van der Waals surface area contributed by atoms with Gasteiger partial charge in [0.1, 0.15) is 11.8 Å². The first-order chi connectivity index (χ1) is 12.2. The van der Waals surface area contributed by atoms with E-state index in [1.54, 1.807) is 6.92 Å². The molecular weight excluding hydrogens is 349 g/mol. The Bertz CT molecular complexity index is 591. The molecule has 0 radical (unpaired) electrons. The zero-order valence-corrected chi connectivity index (χ0v) is 15.0. The fraction of sp³-hybridized carbons (Fsp3) is 0.556. The topological polar surface area (TPSA) is 67.4 Å². The van der Waals surface area contributed by atoms with Crippen molar-refractivity contribution >= 4 is 11.8 Å². The van der Waals surface area contributed by atoms with Gasteiger partial charge in [-0.3, -0.25) is 9.59 Å². The highest BCUT2D eigenvalue weighted by Crippen LogP contribution is 2.23. The number of carbonyl (C=O) groups excluding carboxylic acids is 2. The monoisotopic (exact) mass is 374 g/mol. The maximum absolute atomic E-state index is 12.2. The predicted molar refractivity (Wildman–Crippen MR) is 91.6 cm³/mol. The zero-order chi connectivity index (χ0) is 19.6. The summed E-state index contributed by atoms with van der Waals surface area (Å²) in [5.74, 6) is -1.08. The molecule has 0 aliphatic carbocycles. The average Bonchev–Trinajstić information content (AvgIpc) is 2.55. The van der Waals surface area contributed by atoms with Crippen molar-refractivity contribution in [1.82, 2.24) is 10.6 Å². The van der Waals surface area contributed by atoms with Crippen molar-refractivity contribution in [2.75, 3.05) is 6.54 Å². The maximum Gasteiger partial charge on any atom is 0.573 e. The maximum atomic E-state index is 12.2. The molecule has 0 heterocycles. The fourth-order valence-corrected chi connectivity index (χ4v) is 2.35. The van der Waals surface area contributed by atoms with Gasteiger partial charge in [-0.1, -0.05) is 38.8 Å². The lowest BCUT2D eigenvalue weighted by molar-refractivity contribution is -0.274. The second kappa shape index (κ2) is 10.7. The Balaban J connectivity index is 2.55. The van der Waals surface area contributed by atoms with E-state index in [9.17, 15) is 22.8 Å². The van der Waals surface area contributed by atoms with Crippen molar-refractivity contribution in [1.29, 1.82) is 0 Å². The predicted octanol–water partition coefficient (Wildman–Crippen LogP) is 3.33. The first kappa shape index (κ1) is 21.8. The van der Waals surface area contributed by atoms with E-state index in [0.29, 0.717) is 18.5 Å². The molecule has 1 atom stereocenters. The van der Waals surface area contributed by atoms with Crippen LogP contribution in [0, 0.1) is 0 Å². The summed E-state index contributed by atoms with van der Waals surface area (Å²) in [6, 6.07) is 4.54. The van der Waals surface area contributed by atoms with E-state index in [-0.39, 0.29) is 18.1 Å². The number of amides is 2. The lowest BCUT2D eigenvalue weighted by atomic mass is 10.1. The number of hydrogen-bond acceptors (Lipinski definition) is 3. The highest BCUT2D eigenvalue weighted by Gasteiger charge is 2.31. The van der Waals surface area contributed by atoms with Crippen LogP contribution in [0.25, 0.3) is 0 Å². The Hall–Kier alpha value is -2.25. The third-order valence-corrected chi connectivity index (χ3v) is 3.64. The highest BCUT2D eigenvalue weighted by atomic mass is 19.4. The summed E-state index contributed by atoms with van der Waals surface area (Å²) in [5, 5.41) is 5.38. The fourth-order valence-electron chi connectivity index (χ4n) is 2.35. The van der Waals surface area contributed by atoms with Crippen molar-refractivity contribution in [2.24, 2.45) is 0 Å². The molecule has 0 saturated heterocycles. The molecule has 0 aliphatic rings. The van der Waals surface area contributed by atoms with Crippen LogP contribution in [0.15, 0.2) is 24.3 Å². The molecule has 1 rings (SSSR count). The Labute approximate surface area is 151 Å². The van der Waals surface area contributed by atoms with Crippen LogP contribution in [0.3, 0.4) is 0 Å². The molecule has 2 N–H and O–H groups in total. The largest absolute Gasteiger partial charge is 0.573 e. The molecular formula is C18H25F3N2O3. The summed E-state index contributed by atoms with van der Waals surface area (Å²) in [5.41, 5.74) is 0.363. The second-order valence-electron chi connectivity index (χ2n) is 5.90. The number of benzene rings is 1. The normalized spacial score (nSPS) is 12.3. The van der Waals surface area contributed by atoms with Crippen molar-refractivity contribution in [3.63, 3.8) is 0 Å². The molecule has 0 fully saturated rings. The lowest BCUT2D eigenvalue weighted by Gasteiger charge is -2.17. The van der Waals surface area contributed by atoms with Gasteiger partial charge in [0, 0.05) is 6.54 Å². The van der Waals surface area contributed by atoms with Crippen LogP contribution in [0.1, 0.15) is 45.1 Å². The SMILES string of the molecule is CCCCCNC(=O)[C@H](CC)NC(=O)Cc1cccc(OC(F)(F)F)c1. The zero-order valence-electron chi connectivity index (χ0n) is 15.0. The number of carbonyl (C=O) groups is 2. The average molecular weight is 374 g/mol. The minimum absolute atomic E-state index is 0.144. The van der Waals surface area contributed by atoms with Crippen LogP contribution in [0.4, 0.5) is 13.2 Å². The van der Waals surface area contributed by atoms with Gasteiger partial charge >= 0.3 is 6.36 Å². The number of alkyl halides is 3. The van der Waals surface area contributed by atoms with E-state index >= 15 is 0 Å². The van der Waals surface area contributed by atoms with Crippen LogP contribution >= 0.6 is 0 Å². The van der Waals surface area contributed by atoms with Gasteiger partial charge in [0.25, 0.3) is 0 Å². The molecule has 0 aliphatic heterocycles. The quantitative estimate of drug-likeness (QED) is 0.618. The van der Waals surface area contributed by atoms with Crippen LogP contribution in [-0.2, 0) is 16.0 Å². The summed E-state index contributed by atoms with van der Waals surface area (Å²) in [6.07, 6.45) is -1.58. The standard InChI is InChI=1S/C18H25F3N2O3/c1-3-5-6-10-22-17(25)15(4-2)23-16(24)12-13-8-7-9-14(11-13)26-18(19,20)21/h7-9,11,15H,3-6,10,12H2,1-2H3,(H,22,25)(H,23,24)/t15-/m0/s1. The number of nitrogens with one attached hydrogen (secondary N) is 2. The Morgan fingerprint density at radius 1 is 1.19 bits per heavy atom. The molecule has 5 nitrogen and oxygen atoms in total. The van der Waals surface area contributed by atoms with E-state index in [1.807, 2.05) is 0 Å². The first-order valence-electron chi connectivity index (χ1n) is 8.67. The van der Waals surface area contributed by atoms with Gasteiger partial charge in [0.15, 0.2) is 0 Å². The van der Waals surface area contributed by atoms with Crippen LogP contribution in [0.5, 0.6) is 5.75 Å². The van der Waals surface area contributed by atoms with Gasteiger partial charge in [-0.25, -0.2) is 0 Å². The summed E-state index contributed by atoms with van der Waals surface area (Å²) >= 11 is 0. The van der Waals surface area contributed by atoms with Gasteiger partial charge in [-0.15, -0.1) is 13.2 Å². The van der Waals surface area contributed by atoms with E-state index < -0.39 is 18.3 Å². The summed E-state index contributed by atoms with van der Waals surface area (Å²) in [4.78, 5) is 24.2. The smallest absolute Gasteiger partial charge is 0.406 e.